The zero-order valence-electron chi connectivity index (χ0n) is 12.9. The first-order valence-electron chi connectivity index (χ1n) is 7.82. The molecule has 2 amide bonds. The van der Waals surface area contributed by atoms with E-state index in [0.717, 1.165) is 45.3 Å². The van der Waals surface area contributed by atoms with Crippen molar-refractivity contribution in [3.05, 3.63) is 0 Å². The predicted octanol–water partition coefficient (Wildman–Crippen LogP) is 0.844. The molecule has 2 aliphatic rings. The Morgan fingerprint density at radius 3 is 2.50 bits per heavy atom. The fraction of sp³-hybridized carbons (Fsp3) is 0.867. The summed E-state index contributed by atoms with van der Waals surface area (Å²) in [6.07, 6.45) is 3.88. The number of hydrogen-bond donors (Lipinski definition) is 1. The zero-order valence-corrected chi connectivity index (χ0v) is 12.9. The molecule has 5 heteroatoms. The summed E-state index contributed by atoms with van der Waals surface area (Å²) in [5, 5.41) is 2.85. The molecule has 2 atom stereocenters. The van der Waals surface area contributed by atoms with Gasteiger partial charge in [0.25, 0.3) is 0 Å². The molecule has 2 heterocycles. The van der Waals surface area contributed by atoms with Gasteiger partial charge in [0.2, 0.25) is 11.8 Å². The monoisotopic (exact) mass is 281 g/mol. The Bertz CT molecular complexity index is 364. The van der Waals surface area contributed by atoms with Gasteiger partial charge in [-0.25, -0.2) is 0 Å². The molecule has 1 N–H and O–H groups in total. The quantitative estimate of drug-likeness (QED) is 0.831. The first-order valence-corrected chi connectivity index (χ1v) is 7.82. The summed E-state index contributed by atoms with van der Waals surface area (Å²) < 4.78 is 0. The number of likely N-dealkylation sites (tertiary alicyclic amines) is 1. The predicted molar refractivity (Wildman–Crippen MR) is 78.2 cm³/mol. The van der Waals surface area contributed by atoms with E-state index in [2.05, 4.69) is 17.3 Å². The molecule has 20 heavy (non-hydrogen) atoms. The lowest BCUT2D eigenvalue weighted by Gasteiger charge is -2.40. The summed E-state index contributed by atoms with van der Waals surface area (Å²) >= 11 is 0. The Labute approximate surface area is 121 Å². The van der Waals surface area contributed by atoms with Crippen LogP contribution in [0.25, 0.3) is 0 Å². The maximum Gasteiger partial charge on any atom is 0.245 e. The van der Waals surface area contributed by atoms with Crippen molar-refractivity contribution in [3.63, 3.8) is 0 Å². The van der Waals surface area contributed by atoms with Crippen molar-refractivity contribution in [2.24, 2.45) is 5.92 Å². The number of piperazine rings is 1. The number of rotatable bonds is 4. The molecule has 0 aromatic carbocycles. The van der Waals surface area contributed by atoms with Gasteiger partial charge in [-0.1, -0.05) is 13.3 Å². The minimum atomic E-state index is -0.324. The standard InChI is InChI=1S/C15H27N3O2/c1-4-5-13-15(20)18(11(2)14(19)16-13)10-12-6-8-17(3)9-7-12/h11-13H,4-10H2,1-3H3,(H,16,19). The van der Waals surface area contributed by atoms with Crippen LogP contribution in [0.1, 0.15) is 39.5 Å². The third-order valence-corrected chi connectivity index (χ3v) is 4.61. The van der Waals surface area contributed by atoms with Crippen LogP contribution in [0.2, 0.25) is 0 Å². The van der Waals surface area contributed by atoms with Crippen LogP contribution in [0.5, 0.6) is 0 Å². The van der Waals surface area contributed by atoms with Crippen LogP contribution in [-0.4, -0.2) is 60.4 Å². The summed E-state index contributed by atoms with van der Waals surface area (Å²) in [5.41, 5.74) is 0. The van der Waals surface area contributed by atoms with Gasteiger partial charge in [0.15, 0.2) is 0 Å². The molecule has 2 rings (SSSR count). The molecule has 0 aromatic heterocycles. The van der Waals surface area contributed by atoms with Gasteiger partial charge in [0.1, 0.15) is 12.1 Å². The number of amides is 2. The Morgan fingerprint density at radius 1 is 1.25 bits per heavy atom. The fourth-order valence-electron chi connectivity index (χ4n) is 3.14. The number of hydrogen-bond acceptors (Lipinski definition) is 3. The minimum Gasteiger partial charge on any atom is -0.343 e. The highest BCUT2D eigenvalue weighted by Crippen LogP contribution is 2.21. The third-order valence-electron chi connectivity index (χ3n) is 4.61. The number of nitrogens with one attached hydrogen (secondary N) is 1. The third kappa shape index (κ3) is 3.32. The summed E-state index contributed by atoms with van der Waals surface area (Å²) in [6, 6.07) is -0.634. The molecule has 2 unspecified atom stereocenters. The number of piperidine rings is 1. The van der Waals surface area contributed by atoms with Gasteiger partial charge in [-0.2, -0.15) is 0 Å². The van der Waals surface area contributed by atoms with Crippen LogP contribution in [-0.2, 0) is 9.59 Å². The van der Waals surface area contributed by atoms with E-state index >= 15 is 0 Å². The van der Waals surface area contributed by atoms with Gasteiger partial charge < -0.3 is 15.1 Å². The van der Waals surface area contributed by atoms with Crippen molar-refractivity contribution in [2.45, 2.75) is 51.6 Å². The molecule has 0 spiro atoms. The van der Waals surface area contributed by atoms with Crippen molar-refractivity contribution >= 4 is 11.8 Å². The van der Waals surface area contributed by atoms with Crippen LogP contribution in [0.4, 0.5) is 0 Å². The van der Waals surface area contributed by atoms with Crippen LogP contribution < -0.4 is 5.32 Å². The summed E-state index contributed by atoms with van der Waals surface area (Å²) in [4.78, 5) is 28.7. The SMILES string of the molecule is CCCC1NC(=O)C(C)N(CC2CCN(C)CC2)C1=O. The Hall–Kier alpha value is -1.10. The van der Waals surface area contributed by atoms with Crippen molar-refractivity contribution in [1.82, 2.24) is 15.1 Å². The molecule has 0 aliphatic carbocycles. The molecule has 114 valence electrons. The molecule has 0 bridgehead atoms. The highest BCUT2D eigenvalue weighted by molar-refractivity contribution is 5.96. The van der Waals surface area contributed by atoms with Crippen molar-refractivity contribution in [1.29, 1.82) is 0 Å². The fourth-order valence-corrected chi connectivity index (χ4v) is 3.14. The van der Waals surface area contributed by atoms with E-state index < -0.39 is 0 Å². The van der Waals surface area contributed by atoms with E-state index in [1.54, 1.807) is 0 Å². The normalized spacial score (nSPS) is 29.6. The lowest BCUT2D eigenvalue weighted by Crippen LogP contribution is -2.63. The van der Waals surface area contributed by atoms with E-state index in [1.807, 2.05) is 18.7 Å². The molecule has 0 radical (unpaired) electrons. The lowest BCUT2D eigenvalue weighted by atomic mass is 9.94. The first kappa shape index (κ1) is 15.3. The maximum atomic E-state index is 12.5. The van der Waals surface area contributed by atoms with E-state index in [9.17, 15) is 9.59 Å². The van der Waals surface area contributed by atoms with Gasteiger partial charge >= 0.3 is 0 Å². The van der Waals surface area contributed by atoms with E-state index in [1.165, 1.54) is 0 Å². The van der Waals surface area contributed by atoms with Crippen LogP contribution in [0.15, 0.2) is 0 Å². The number of carbonyl (C=O) groups excluding carboxylic acids is 2. The average Bonchev–Trinajstić information content (AvgIpc) is 2.43. The topological polar surface area (TPSA) is 52.7 Å². The second kappa shape index (κ2) is 6.57. The average molecular weight is 281 g/mol. The Morgan fingerprint density at radius 2 is 1.90 bits per heavy atom. The molecule has 0 aromatic rings. The first-order chi connectivity index (χ1) is 9.52. The Balaban J connectivity index is 1.99. The minimum absolute atomic E-state index is 0.00372. The number of carbonyl (C=O) groups is 2. The molecule has 2 saturated heterocycles. The molecule has 5 nitrogen and oxygen atoms in total. The van der Waals surface area contributed by atoms with Gasteiger partial charge in [0.05, 0.1) is 0 Å². The number of nitrogens with zero attached hydrogens (tertiary/aromatic N) is 2. The largest absolute Gasteiger partial charge is 0.343 e. The van der Waals surface area contributed by atoms with Gasteiger partial charge in [-0.15, -0.1) is 0 Å². The Kier molecular flexibility index (Phi) is 5.02. The van der Waals surface area contributed by atoms with E-state index in [4.69, 9.17) is 0 Å². The second-order valence-electron chi connectivity index (χ2n) is 6.26. The molecule has 0 saturated carbocycles. The molecule has 2 aliphatic heterocycles. The maximum absolute atomic E-state index is 12.5. The second-order valence-corrected chi connectivity index (χ2v) is 6.26. The van der Waals surface area contributed by atoms with Crippen LogP contribution in [0, 0.1) is 5.92 Å². The van der Waals surface area contributed by atoms with Crippen LogP contribution in [0.3, 0.4) is 0 Å². The van der Waals surface area contributed by atoms with Gasteiger partial charge in [-0.3, -0.25) is 9.59 Å². The molecular weight excluding hydrogens is 254 g/mol. The van der Waals surface area contributed by atoms with Crippen molar-refractivity contribution in [2.75, 3.05) is 26.7 Å². The summed E-state index contributed by atoms with van der Waals surface area (Å²) in [5.74, 6) is 0.639. The smallest absolute Gasteiger partial charge is 0.245 e. The molecular formula is C15H27N3O2. The van der Waals surface area contributed by atoms with E-state index in [0.29, 0.717) is 5.92 Å². The zero-order chi connectivity index (χ0) is 14.7. The van der Waals surface area contributed by atoms with Gasteiger partial charge in [-0.05, 0) is 52.2 Å². The van der Waals surface area contributed by atoms with Gasteiger partial charge in [0, 0.05) is 6.54 Å². The summed E-state index contributed by atoms with van der Waals surface area (Å²) in [6.45, 7) is 6.79. The van der Waals surface area contributed by atoms with Crippen LogP contribution >= 0.6 is 0 Å². The molecule has 2 fully saturated rings. The van der Waals surface area contributed by atoms with E-state index in [-0.39, 0.29) is 23.9 Å². The van der Waals surface area contributed by atoms with Crippen molar-refractivity contribution < 1.29 is 9.59 Å². The van der Waals surface area contributed by atoms with Crippen molar-refractivity contribution in [3.8, 4) is 0 Å². The summed E-state index contributed by atoms with van der Waals surface area (Å²) in [7, 11) is 2.13. The highest BCUT2D eigenvalue weighted by Gasteiger charge is 2.38. The highest BCUT2D eigenvalue weighted by atomic mass is 16.2. The lowest BCUT2D eigenvalue weighted by molar-refractivity contribution is -0.149.